The molecule has 29 heavy (non-hydrogen) atoms. The highest BCUT2D eigenvalue weighted by Gasteiger charge is 2.27. The highest BCUT2D eigenvalue weighted by molar-refractivity contribution is 5.94. The van der Waals surface area contributed by atoms with Crippen molar-refractivity contribution in [3.8, 4) is 5.69 Å². The fourth-order valence-corrected chi connectivity index (χ4v) is 4.34. The summed E-state index contributed by atoms with van der Waals surface area (Å²) in [6, 6.07) is 14.6. The Morgan fingerprint density at radius 1 is 1.14 bits per heavy atom. The van der Waals surface area contributed by atoms with Crippen molar-refractivity contribution in [2.45, 2.75) is 45.8 Å². The molecular weight excluding hydrogens is 384 g/mol. The summed E-state index contributed by atoms with van der Waals surface area (Å²) in [5, 5.41) is 11.2. The zero-order valence-corrected chi connectivity index (χ0v) is 17.3. The summed E-state index contributed by atoms with van der Waals surface area (Å²) in [6.07, 6.45) is 2.98. The molecule has 1 amide bonds. The Bertz CT molecular complexity index is 1070. The molecule has 2 aromatic carbocycles. The summed E-state index contributed by atoms with van der Waals surface area (Å²) < 4.78 is 1.98. The number of hydrogen-bond acceptors (Lipinski definition) is 3. The fourth-order valence-electron chi connectivity index (χ4n) is 4.34. The fraction of sp³-hybridized carbons (Fsp3) is 0.304. The van der Waals surface area contributed by atoms with Crippen LogP contribution in [0, 0.1) is 6.92 Å². The minimum atomic E-state index is -0.0795. The van der Waals surface area contributed by atoms with Gasteiger partial charge in [-0.2, -0.15) is 5.10 Å². The van der Waals surface area contributed by atoms with E-state index in [2.05, 4.69) is 47.9 Å². The van der Waals surface area contributed by atoms with E-state index in [1.54, 1.807) is 0 Å². The Morgan fingerprint density at radius 2 is 1.97 bits per heavy atom. The number of amides is 1. The third-order valence-corrected chi connectivity index (χ3v) is 5.84. The third kappa shape index (κ3) is 3.56. The molecule has 0 unspecified atom stereocenters. The van der Waals surface area contributed by atoms with E-state index < -0.39 is 0 Å². The highest BCUT2D eigenvalue weighted by atomic mass is 35.5. The first-order valence-electron chi connectivity index (χ1n) is 9.97. The van der Waals surface area contributed by atoms with Crippen LogP contribution in [0.3, 0.4) is 0 Å². The highest BCUT2D eigenvalue weighted by Crippen LogP contribution is 2.29. The maximum atomic E-state index is 12.9. The van der Waals surface area contributed by atoms with Crippen LogP contribution in [-0.4, -0.2) is 15.7 Å². The van der Waals surface area contributed by atoms with Crippen LogP contribution in [-0.2, 0) is 32.5 Å². The van der Waals surface area contributed by atoms with Crippen LogP contribution in [0.25, 0.3) is 5.69 Å². The molecular formula is C23H25ClN4O. The van der Waals surface area contributed by atoms with Crippen molar-refractivity contribution < 1.29 is 4.79 Å². The average Bonchev–Trinajstić information content (AvgIpc) is 3.42. The van der Waals surface area contributed by atoms with E-state index in [0.717, 1.165) is 49.2 Å². The molecule has 2 aliphatic rings. The molecule has 0 radical (unpaired) electrons. The molecule has 0 atom stereocenters. The molecule has 0 saturated carbocycles. The van der Waals surface area contributed by atoms with Crippen LogP contribution in [0.5, 0.6) is 0 Å². The van der Waals surface area contributed by atoms with E-state index in [9.17, 15) is 4.79 Å². The number of para-hydroxylation sites is 1. The van der Waals surface area contributed by atoms with Crippen molar-refractivity contribution in [2.24, 2.45) is 0 Å². The predicted molar refractivity (Wildman–Crippen MR) is 116 cm³/mol. The lowest BCUT2D eigenvalue weighted by Gasteiger charge is -2.08. The van der Waals surface area contributed by atoms with Crippen molar-refractivity contribution in [1.82, 2.24) is 20.4 Å². The Kier molecular flexibility index (Phi) is 5.43. The smallest absolute Gasteiger partial charge is 0.272 e. The average molecular weight is 409 g/mol. The van der Waals surface area contributed by atoms with E-state index in [1.807, 2.05) is 16.8 Å². The zero-order chi connectivity index (χ0) is 19.1. The molecule has 5 rings (SSSR count). The van der Waals surface area contributed by atoms with E-state index >= 15 is 0 Å². The molecule has 6 heteroatoms. The van der Waals surface area contributed by atoms with Gasteiger partial charge >= 0.3 is 0 Å². The van der Waals surface area contributed by atoms with E-state index in [0.29, 0.717) is 12.2 Å². The second-order valence-electron chi connectivity index (χ2n) is 7.71. The lowest BCUT2D eigenvalue weighted by Crippen LogP contribution is -2.24. The molecule has 1 aromatic heterocycles. The number of carbonyl (C=O) groups excluding carboxylic acids is 1. The first kappa shape index (κ1) is 19.7. The standard InChI is InChI=1S/C23H24N4O.ClH/c1-15-5-2-3-7-20(15)27-21-8-4-6-19(21)22(26-27)23(28)25-12-16-9-10-17-13-24-14-18(17)11-16;/h2-3,5,7,9-11,24H,4,6,8,12-14H2,1H3,(H,25,28);1H. The van der Waals surface area contributed by atoms with Crippen molar-refractivity contribution >= 4 is 18.3 Å². The Labute approximate surface area is 176 Å². The number of carbonyl (C=O) groups is 1. The van der Waals surface area contributed by atoms with Crippen LogP contribution in [0.2, 0.25) is 0 Å². The Morgan fingerprint density at radius 3 is 2.83 bits per heavy atom. The first-order chi connectivity index (χ1) is 13.7. The lowest BCUT2D eigenvalue weighted by molar-refractivity contribution is 0.0944. The second kappa shape index (κ2) is 8.01. The van der Waals surface area contributed by atoms with Crippen LogP contribution in [0.15, 0.2) is 42.5 Å². The lowest BCUT2D eigenvalue weighted by atomic mass is 10.1. The van der Waals surface area contributed by atoms with Gasteiger partial charge in [0.05, 0.1) is 5.69 Å². The molecule has 1 aliphatic heterocycles. The van der Waals surface area contributed by atoms with Crippen molar-refractivity contribution in [2.75, 3.05) is 0 Å². The first-order valence-corrected chi connectivity index (χ1v) is 9.97. The van der Waals surface area contributed by atoms with Crippen molar-refractivity contribution in [1.29, 1.82) is 0 Å². The van der Waals surface area contributed by atoms with Gasteiger partial charge in [0.2, 0.25) is 0 Å². The van der Waals surface area contributed by atoms with Gasteiger partial charge in [0.25, 0.3) is 5.91 Å². The molecule has 1 aliphatic carbocycles. The summed E-state index contributed by atoms with van der Waals surface area (Å²) >= 11 is 0. The number of nitrogens with zero attached hydrogens (tertiary/aromatic N) is 2. The quantitative estimate of drug-likeness (QED) is 0.693. The van der Waals surface area contributed by atoms with Gasteiger partial charge in [0, 0.05) is 30.9 Å². The maximum absolute atomic E-state index is 12.9. The molecule has 2 heterocycles. The maximum Gasteiger partial charge on any atom is 0.272 e. The van der Waals surface area contributed by atoms with Gasteiger partial charge in [0.1, 0.15) is 0 Å². The molecule has 5 nitrogen and oxygen atoms in total. The van der Waals surface area contributed by atoms with Crippen LogP contribution < -0.4 is 10.6 Å². The largest absolute Gasteiger partial charge is 0.347 e. The molecule has 3 aromatic rings. The number of nitrogens with one attached hydrogen (secondary N) is 2. The molecule has 0 bridgehead atoms. The molecule has 0 spiro atoms. The number of aromatic nitrogens is 2. The monoisotopic (exact) mass is 408 g/mol. The number of rotatable bonds is 4. The molecule has 150 valence electrons. The van der Waals surface area contributed by atoms with Gasteiger partial charge in [-0.05, 0) is 54.5 Å². The van der Waals surface area contributed by atoms with Crippen LogP contribution in [0.4, 0.5) is 0 Å². The SMILES string of the molecule is Cc1ccccc1-n1nc(C(=O)NCc2ccc3c(c2)CNC3)c2c1CCC2.Cl. The summed E-state index contributed by atoms with van der Waals surface area (Å²) in [5.74, 6) is -0.0795. The number of halogens is 1. The summed E-state index contributed by atoms with van der Waals surface area (Å²) in [7, 11) is 0. The summed E-state index contributed by atoms with van der Waals surface area (Å²) in [5.41, 5.74) is 8.91. The van der Waals surface area contributed by atoms with Gasteiger partial charge < -0.3 is 10.6 Å². The number of fused-ring (bicyclic) bond motifs is 2. The molecule has 2 N–H and O–H groups in total. The van der Waals surface area contributed by atoms with Crippen LogP contribution >= 0.6 is 12.4 Å². The number of aryl methyl sites for hydroxylation is 1. The van der Waals surface area contributed by atoms with Crippen molar-refractivity contribution in [3.63, 3.8) is 0 Å². The number of benzene rings is 2. The van der Waals surface area contributed by atoms with E-state index in [4.69, 9.17) is 5.10 Å². The van der Waals surface area contributed by atoms with Gasteiger partial charge in [-0.25, -0.2) is 4.68 Å². The zero-order valence-electron chi connectivity index (χ0n) is 16.5. The second-order valence-corrected chi connectivity index (χ2v) is 7.71. The Balaban J connectivity index is 0.00000205. The minimum absolute atomic E-state index is 0. The minimum Gasteiger partial charge on any atom is -0.347 e. The topological polar surface area (TPSA) is 59.0 Å². The van der Waals surface area contributed by atoms with Crippen LogP contribution in [0.1, 0.15) is 50.4 Å². The predicted octanol–water partition coefficient (Wildman–Crippen LogP) is 3.62. The van der Waals surface area contributed by atoms with E-state index in [1.165, 1.54) is 22.4 Å². The number of hydrogen-bond donors (Lipinski definition) is 2. The Hall–Kier alpha value is -2.63. The van der Waals surface area contributed by atoms with Gasteiger partial charge in [-0.3, -0.25) is 4.79 Å². The molecule has 0 saturated heterocycles. The molecule has 0 fully saturated rings. The summed E-state index contributed by atoms with van der Waals surface area (Å²) in [6.45, 7) is 4.45. The van der Waals surface area contributed by atoms with Crippen molar-refractivity contribution in [3.05, 3.63) is 81.7 Å². The summed E-state index contributed by atoms with van der Waals surface area (Å²) in [4.78, 5) is 12.9. The van der Waals surface area contributed by atoms with Gasteiger partial charge in [-0.15, -0.1) is 12.4 Å². The normalized spacial score (nSPS) is 14.2. The van der Waals surface area contributed by atoms with Gasteiger partial charge in [0.15, 0.2) is 5.69 Å². The van der Waals surface area contributed by atoms with Gasteiger partial charge in [-0.1, -0.05) is 36.4 Å². The van der Waals surface area contributed by atoms with E-state index in [-0.39, 0.29) is 18.3 Å². The third-order valence-electron chi connectivity index (χ3n) is 5.84.